The SMILES string of the molecule is O=C(CNC(=O)c1ccc2c(c1)OCO2)NCC1(N2CCOCC2)CCCCC1. The summed E-state index contributed by atoms with van der Waals surface area (Å²) < 4.78 is 16.0. The molecule has 1 aromatic rings. The molecule has 0 spiro atoms. The zero-order valence-corrected chi connectivity index (χ0v) is 16.7. The monoisotopic (exact) mass is 403 g/mol. The second-order valence-electron chi connectivity index (χ2n) is 7.91. The van der Waals surface area contributed by atoms with Gasteiger partial charge >= 0.3 is 0 Å². The number of ether oxygens (including phenoxy) is 3. The fourth-order valence-corrected chi connectivity index (χ4v) is 4.48. The number of fused-ring (bicyclic) bond motifs is 1. The van der Waals surface area contributed by atoms with E-state index < -0.39 is 0 Å². The minimum Gasteiger partial charge on any atom is -0.454 e. The van der Waals surface area contributed by atoms with Crippen LogP contribution in [0.3, 0.4) is 0 Å². The molecule has 1 aliphatic carbocycles. The van der Waals surface area contributed by atoms with E-state index >= 15 is 0 Å². The van der Waals surface area contributed by atoms with E-state index in [2.05, 4.69) is 15.5 Å². The lowest BCUT2D eigenvalue weighted by molar-refractivity contribution is -0.121. The van der Waals surface area contributed by atoms with Crippen molar-refractivity contribution in [2.45, 2.75) is 37.6 Å². The van der Waals surface area contributed by atoms with E-state index in [-0.39, 0.29) is 30.7 Å². The van der Waals surface area contributed by atoms with Crippen LogP contribution in [0.5, 0.6) is 11.5 Å². The van der Waals surface area contributed by atoms with Crippen LogP contribution in [0.25, 0.3) is 0 Å². The van der Waals surface area contributed by atoms with Crippen LogP contribution in [-0.2, 0) is 9.53 Å². The maximum atomic E-state index is 12.4. The van der Waals surface area contributed by atoms with Gasteiger partial charge in [0.15, 0.2) is 11.5 Å². The first kappa shape index (κ1) is 20.0. The standard InChI is InChI=1S/C21H29N3O5/c25-19(13-22-20(26)16-4-5-17-18(12-16)29-15-28-17)23-14-21(6-2-1-3-7-21)24-8-10-27-11-9-24/h4-5,12H,1-3,6-11,13-15H2,(H,22,26)(H,23,25). The highest BCUT2D eigenvalue weighted by Gasteiger charge is 2.38. The van der Waals surface area contributed by atoms with Crippen molar-refractivity contribution in [2.24, 2.45) is 0 Å². The normalized spacial score (nSPS) is 20.8. The van der Waals surface area contributed by atoms with Gasteiger partial charge in [-0.3, -0.25) is 14.5 Å². The van der Waals surface area contributed by atoms with Crippen LogP contribution in [0.4, 0.5) is 0 Å². The Morgan fingerprint density at radius 1 is 1.00 bits per heavy atom. The van der Waals surface area contributed by atoms with E-state index in [1.807, 2.05) is 0 Å². The molecule has 8 nitrogen and oxygen atoms in total. The fourth-order valence-electron chi connectivity index (χ4n) is 4.48. The van der Waals surface area contributed by atoms with Crippen molar-refractivity contribution >= 4 is 11.8 Å². The first-order valence-corrected chi connectivity index (χ1v) is 10.4. The van der Waals surface area contributed by atoms with Gasteiger partial charge in [0.1, 0.15) is 0 Å². The quantitative estimate of drug-likeness (QED) is 0.744. The van der Waals surface area contributed by atoms with Crippen molar-refractivity contribution < 1.29 is 23.8 Å². The smallest absolute Gasteiger partial charge is 0.251 e. The van der Waals surface area contributed by atoms with Crippen molar-refractivity contribution in [3.8, 4) is 11.5 Å². The molecule has 1 saturated carbocycles. The molecule has 2 amide bonds. The Morgan fingerprint density at radius 2 is 1.76 bits per heavy atom. The molecule has 158 valence electrons. The Hall–Kier alpha value is -2.32. The van der Waals surface area contributed by atoms with Gasteiger partial charge in [0.25, 0.3) is 5.91 Å². The maximum Gasteiger partial charge on any atom is 0.251 e. The third kappa shape index (κ3) is 4.64. The van der Waals surface area contributed by atoms with Crippen molar-refractivity contribution in [1.82, 2.24) is 15.5 Å². The Kier molecular flexibility index (Phi) is 6.20. The molecular formula is C21H29N3O5. The molecule has 1 saturated heterocycles. The molecule has 2 heterocycles. The summed E-state index contributed by atoms with van der Waals surface area (Å²) in [5, 5.41) is 5.75. The molecule has 2 aliphatic heterocycles. The largest absolute Gasteiger partial charge is 0.454 e. The van der Waals surface area contributed by atoms with Crippen LogP contribution in [0.15, 0.2) is 18.2 Å². The first-order valence-electron chi connectivity index (χ1n) is 10.4. The second-order valence-corrected chi connectivity index (χ2v) is 7.91. The summed E-state index contributed by atoms with van der Waals surface area (Å²) in [6, 6.07) is 4.99. The molecule has 0 radical (unpaired) electrons. The molecule has 2 fully saturated rings. The Bertz CT molecular complexity index is 742. The number of carbonyl (C=O) groups excluding carboxylic acids is 2. The molecular weight excluding hydrogens is 374 g/mol. The van der Waals surface area contributed by atoms with E-state index in [0.29, 0.717) is 23.6 Å². The zero-order valence-electron chi connectivity index (χ0n) is 16.7. The summed E-state index contributed by atoms with van der Waals surface area (Å²) in [6.07, 6.45) is 5.82. The molecule has 29 heavy (non-hydrogen) atoms. The number of hydrogen-bond donors (Lipinski definition) is 2. The Balaban J connectivity index is 1.28. The lowest BCUT2D eigenvalue weighted by Gasteiger charge is -2.48. The van der Waals surface area contributed by atoms with Crippen LogP contribution in [-0.4, -0.2) is 68.4 Å². The number of carbonyl (C=O) groups is 2. The van der Waals surface area contributed by atoms with Gasteiger partial charge in [0.05, 0.1) is 19.8 Å². The highest BCUT2D eigenvalue weighted by atomic mass is 16.7. The van der Waals surface area contributed by atoms with Crippen LogP contribution >= 0.6 is 0 Å². The summed E-state index contributed by atoms with van der Waals surface area (Å²) in [7, 11) is 0. The highest BCUT2D eigenvalue weighted by molar-refractivity contribution is 5.97. The molecule has 2 N–H and O–H groups in total. The summed E-state index contributed by atoms with van der Waals surface area (Å²) in [5.41, 5.74) is 0.457. The van der Waals surface area contributed by atoms with Crippen molar-refractivity contribution in [3.05, 3.63) is 23.8 Å². The van der Waals surface area contributed by atoms with Crippen molar-refractivity contribution in [3.63, 3.8) is 0 Å². The predicted molar refractivity (Wildman–Crippen MR) is 106 cm³/mol. The number of hydrogen-bond acceptors (Lipinski definition) is 6. The topological polar surface area (TPSA) is 89.1 Å². The third-order valence-corrected chi connectivity index (χ3v) is 6.13. The van der Waals surface area contributed by atoms with Gasteiger partial charge < -0.3 is 24.8 Å². The number of benzene rings is 1. The number of morpholine rings is 1. The molecule has 0 aromatic heterocycles. The molecule has 0 atom stereocenters. The van der Waals surface area contributed by atoms with Gasteiger partial charge in [0.2, 0.25) is 12.7 Å². The van der Waals surface area contributed by atoms with E-state index in [0.717, 1.165) is 39.1 Å². The minimum absolute atomic E-state index is 0.0129. The van der Waals surface area contributed by atoms with Gasteiger partial charge in [-0.2, -0.15) is 0 Å². The Morgan fingerprint density at radius 3 is 2.55 bits per heavy atom. The number of nitrogens with one attached hydrogen (secondary N) is 2. The van der Waals surface area contributed by atoms with Crippen LogP contribution in [0.2, 0.25) is 0 Å². The molecule has 1 aromatic carbocycles. The summed E-state index contributed by atoms with van der Waals surface area (Å²) in [4.78, 5) is 27.3. The Labute approximate surface area is 170 Å². The van der Waals surface area contributed by atoms with E-state index in [1.54, 1.807) is 18.2 Å². The van der Waals surface area contributed by atoms with Crippen LogP contribution < -0.4 is 20.1 Å². The highest BCUT2D eigenvalue weighted by Crippen LogP contribution is 2.34. The van der Waals surface area contributed by atoms with Crippen molar-refractivity contribution in [2.75, 3.05) is 46.2 Å². The predicted octanol–water partition coefficient (Wildman–Crippen LogP) is 1.30. The van der Waals surface area contributed by atoms with E-state index in [4.69, 9.17) is 14.2 Å². The van der Waals surface area contributed by atoms with E-state index in [9.17, 15) is 9.59 Å². The number of rotatable bonds is 6. The molecule has 0 bridgehead atoms. The molecule has 4 rings (SSSR count). The maximum absolute atomic E-state index is 12.4. The van der Waals surface area contributed by atoms with Gasteiger partial charge in [0, 0.05) is 30.7 Å². The summed E-state index contributed by atoms with van der Waals surface area (Å²) in [6.45, 7) is 4.06. The minimum atomic E-state index is -0.306. The lowest BCUT2D eigenvalue weighted by atomic mass is 9.79. The third-order valence-electron chi connectivity index (χ3n) is 6.13. The van der Waals surface area contributed by atoms with E-state index in [1.165, 1.54) is 19.3 Å². The number of nitrogens with zero attached hydrogens (tertiary/aromatic N) is 1. The lowest BCUT2D eigenvalue weighted by Crippen LogP contribution is -2.60. The van der Waals surface area contributed by atoms with Crippen molar-refractivity contribution in [1.29, 1.82) is 0 Å². The summed E-state index contributed by atoms with van der Waals surface area (Å²) >= 11 is 0. The average Bonchev–Trinajstić information content (AvgIpc) is 3.25. The van der Waals surface area contributed by atoms with Crippen LogP contribution in [0, 0.1) is 0 Å². The van der Waals surface area contributed by atoms with Gasteiger partial charge in [-0.1, -0.05) is 19.3 Å². The number of amides is 2. The average molecular weight is 403 g/mol. The molecule has 3 aliphatic rings. The van der Waals surface area contributed by atoms with Crippen LogP contribution in [0.1, 0.15) is 42.5 Å². The molecule has 8 heteroatoms. The second kappa shape index (κ2) is 9.00. The summed E-state index contributed by atoms with van der Waals surface area (Å²) in [5.74, 6) is 0.698. The van der Waals surface area contributed by atoms with Gasteiger partial charge in [-0.25, -0.2) is 0 Å². The first-order chi connectivity index (χ1) is 14.2. The fraction of sp³-hybridized carbons (Fsp3) is 0.619. The van der Waals surface area contributed by atoms with Gasteiger partial charge in [-0.05, 0) is 31.0 Å². The zero-order chi connectivity index (χ0) is 20.1. The molecule has 0 unspecified atom stereocenters. The van der Waals surface area contributed by atoms with Gasteiger partial charge in [-0.15, -0.1) is 0 Å².